The van der Waals surface area contributed by atoms with Crippen LogP contribution in [0.2, 0.25) is 0 Å². The fourth-order valence-electron chi connectivity index (χ4n) is 5.44. The van der Waals surface area contributed by atoms with Crippen molar-refractivity contribution in [3.05, 3.63) is 105 Å². The summed E-state index contributed by atoms with van der Waals surface area (Å²) in [6.45, 7) is 3.70. The summed E-state index contributed by atoms with van der Waals surface area (Å²) in [5.41, 5.74) is -2.55. The predicted octanol–water partition coefficient (Wildman–Crippen LogP) is 4.81. The molecule has 0 atom stereocenters. The van der Waals surface area contributed by atoms with Crippen molar-refractivity contribution in [1.29, 1.82) is 0 Å². The van der Waals surface area contributed by atoms with Gasteiger partial charge in [0.15, 0.2) is 34.7 Å². The summed E-state index contributed by atoms with van der Waals surface area (Å²) in [5.74, 6) is -3.26. The van der Waals surface area contributed by atoms with Crippen molar-refractivity contribution >= 4 is 22.5 Å². The number of carbonyl (C=O) groups excluding carboxylic acids is 1. The molecule has 49 heavy (non-hydrogen) atoms. The molecular weight excluding hydrogens is 645 g/mol. The van der Waals surface area contributed by atoms with Gasteiger partial charge in [-0.25, -0.2) is 18.0 Å². The van der Waals surface area contributed by atoms with Gasteiger partial charge in [-0.05, 0) is 68.8 Å². The van der Waals surface area contributed by atoms with E-state index >= 15 is 4.39 Å². The van der Waals surface area contributed by atoms with Gasteiger partial charge in [0.25, 0.3) is 11.5 Å². The van der Waals surface area contributed by atoms with Crippen molar-refractivity contribution in [3.63, 3.8) is 0 Å². The zero-order valence-corrected chi connectivity index (χ0v) is 26.5. The van der Waals surface area contributed by atoms with Crippen LogP contribution in [-0.4, -0.2) is 63.5 Å². The third-order valence-corrected chi connectivity index (χ3v) is 8.01. The minimum Gasteiger partial charge on any atom is -0.493 e. The number of methoxy groups -OCH3 is 1. The molecule has 2 aromatic heterocycles. The lowest BCUT2D eigenvalue weighted by Crippen LogP contribution is -2.43. The Balaban J connectivity index is 1.19. The fraction of sp³-hybridized carbons (Fsp3) is 0.265. The summed E-state index contributed by atoms with van der Waals surface area (Å²) in [7, 11) is 2.61. The van der Waals surface area contributed by atoms with Crippen LogP contribution in [0.25, 0.3) is 16.6 Å². The molecule has 3 aromatic carbocycles. The van der Waals surface area contributed by atoms with Crippen molar-refractivity contribution in [3.8, 4) is 28.7 Å². The topological polar surface area (TPSA) is 130 Å². The number of carbonyl (C=O) groups is 1. The van der Waals surface area contributed by atoms with E-state index in [1.165, 1.54) is 38.3 Å². The van der Waals surface area contributed by atoms with E-state index in [4.69, 9.17) is 14.2 Å². The number of likely N-dealkylation sites (tertiary alicyclic amines) is 1. The summed E-state index contributed by atoms with van der Waals surface area (Å²) < 4.78 is 61.2. The van der Waals surface area contributed by atoms with Crippen molar-refractivity contribution in [2.75, 3.05) is 38.7 Å². The SMILES string of the molecule is COc1cc2c(Oc3ccc(NC(=O)c4nn(-c5ccc(F)c(F)c5)c(=O)n(C)c4=O)cc3F)ccnc2cc1OCCCN1CCCC1. The number of fused-ring (bicyclic) bond motifs is 1. The van der Waals surface area contributed by atoms with Crippen LogP contribution < -0.4 is 30.8 Å². The third-order valence-electron chi connectivity index (χ3n) is 8.01. The van der Waals surface area contributed by atoms with Gasteiger partial charge in [-0.2, -0.15) is 9.78 Å². The third kappa shape index (κ3) is 7.11. The number of aromatic nitrogens is 4. The van der Waals surface area contributed by atoms with Crippen LogP contribution in [0, 0.1) is 17.5 Å². The normalized spacial score (nSPS) is 13.1. The van der Waals surface area contributed by atoms with Crippen LogP contribution in [0.5, 0.6) is 23.0 Å². The summed E-state index contributed by atoms with van der Waals surface area (Å²) >= 11 is 0. The van der Waals surface area contributed by atoms with Crippen LogP contribution in [0.15, 0.2) is 70.4 Å². The Kier molecular flexibility index (Phi) is 9.62. The van der Waals surface area contributed by atoms with E-state index in [9.17, 15) is 23.2 Å². The molecular formula is C34H31F3N6O6. The Morgan fingerprint density at radius 3 is 2.43 bits per heavy atom. The van der Waals surface area contributed by atoms with Gasteiger partial charge in [-0.15, -0.1) is 0 Å². The molecule has 15 heteroatoms. The highest BCUT2D eigenvalue weighted by Gasteiger charge is 2.21. The zero-order chi connectivity index (χ0) is 34.7. The highest BCUT2D eigenvalue weighted by Crippen LogP contribution is 2.38. The van der Waals surface area contributed by atoms with Gasteiger partial charge in [0.05, 0.1) is 24.9 Å². The molecule has 1 saturated heterocycles. The number of anilines is 1. The molecule has 5 aromatic rings. The van der Waals surface area contributed by atoms with Gasteiger partial charge < -0.3 is 24.4 Å². The number of hydrogen-bond donors (Lipinski definition) is 1. The van der Waals surface area contributed by atoms with E-state index in [0.717, 1.165) is 51.3 Å². The molecule has 0 radical (unpaired) electrons. The molecule has 0 bridgehead atoms. The monoisotopic (exact) mass is 676 g/mol. The smallest absolute Gasteiger partial charge is 0.351 e. The molecule has 1 fully saturated rings. The van der Waals surface area contributed by atoms with Crippen LogP contribution in [0.1, 0.15) is 29.8 Å². The number of pyridine rings is 1. The van der Waals surface area contributed by atoms with E-state index in [1.54, 1.807) is 18.2 Å². The fourth-order valence-corrected chi connectivity index (χ4v) is 5.44. The quantitative estimate of drug-likeness (QED) is 0.196. The number of rotatable bonds is 11. The Morgan fingerprint density at radius 2 is 1.69 bits per heavy atom. The van der Waals surface area contributed by atoms with E-state index < -0.39 is 40.3 Å². The molecule has 1 N–H and O–H groups in total. The molecule has 6 rings (SSSR count). The maximum Gasteiger partial charge on any atom is 0.351 e. The molecule has 3 heterocycles. The molecule has 254 valence electrons. The second-order valence-corrected chi connectivity index (χ2v) is 11.3. The van der Waals surface area contributed by atoms with E-state index in [2.05, 4.69) is 20.3 Å². The number of halogens is 3. The van der Waals surface area contributed by atoms with Crippen LogP contribution in [0.4, 0.5) is 18.9 Å². The minimum absolute atomic E-state index is 0.0583. The Labute approximate surface area is 277 Å². The van der Waals surface area contributed by atoms with E-state index in [-0.39, 0.29) is 22.9 Å². The number of benzene rings is 3. The van der Waals surface area contributed by atoms with Crippen molar-refractivity contribution in [1.82, 2.24) is 24.2 Å². The van der Waals surface area contributed by atoms with E-state index in [1.807, 2.05) is 0 Å². The predicted molar refractivity (Wildman–Crippen MR) is 173 cm³/mol. The highest BCUT2D eigenvalue weighted by atomic mass is 19.2. The van der Waals surface area contributed by atoms with Gasteiger partial charge >= 0.3 is 5.69 Å². The summed E-state index contributed by atoms with van der Waals surface area (Å²) in [5, 5.41) is 6.68. The van der Waals surface area contributed by atoms with Crippen molar-refractivity contribution in [2.24, 2.45) is 7.05 Å². The minimum atomic E-state index is -1.26. The molecule has 1 aliphatic rings. The number of amides is 1. The summed E-state index contributed by atoms with van der Waals surface area (Å²) in [4.78, 5) is 45.2. The Bertz CT molecular complexity index is 2170. The average molecular weight is 677 g/mol. The lowest BCUT2D eigenvalue weighted by molar-refractivity contribution is 0.101. The zero-order valence-electron chi connectivity index (χ0n) is 26.5. The number of hydrogen-bond acceptors (Lipinski definition) is 9. The van der Waals surface area contributed by atoms with Crippen LogP contribution in [-0.2, 0) is 7.05 Å². The second-order valence-electron chi connectivity index (χ2n) is 11.3. The molecule has 1 amide bonds. The molecule has 1 aliphatic heterocycles. The number of nitrogens with zero attached hydrogens (tertiary/aromatic N) is 5. The lowest BCUT2D eigenvalue weighted by Gasteiger charge is -2.16. The summed E-state index contributed by atoms with van der Waals surface area (Å²) in [6.07, 6.45) is 4.84. The second kappa shape index (κ2) is 14.2. The van der Waals surface area contributed by atoms with Gasteiger partial charge in [0.1, 0.15) is 5.75 Å². The lowest BCUT2D eigenvalue weighted by atomic mass is 10.1. The maximum absolute atomic E-state index is 15.3. The Hall–Kier alpha value is -5.70. The van der Waals surface area contributed by atoms with Crippen molar-refractivity contribution in [2.45, 2.75) is 19.3 Å². The molecule has 0 saturated carbocycles. The highest BCUT2D eigenvalue weighted by molar-refractivity contribution is 6.02. The van der Waals surface area contributed by atoms with Gasteiger partial charge in [0, 0.05) is 49.1 Å². The molecule has 12 nitrogen and oxygen atoms in total. The van der Waals surface area contributed by atoms with Crippen LogP contribution in [0.3, 0.4) is 0 Å². The first-order valence-corrected chi connectivity index (χ1v) is 15.4. The first-order valence-electron chi connectivity index (χ1n) is 15.4. The summed E-state index contributed by atoms with van der Waals surface area (Å²) in [6, 6.07) is 11.1. The average Bonchev–Trinajstić information content (AvgIpc) is 3.62. The largest absolute Gasteiger partial charge is 0.493 e. The first kappa shape index (κ1) is 33.2. The first-order chi connectivity index (χ1) is 23.6. The molecule has 0 spiro atoms. The number of nitrogens with one attached hydrogen (secondary N) is 1. The van der Waals surface area contributed by atoms with Gasteiger partial charge in [-0.1, -0.05) is 0 Å². The standard InChI is InChI=1S/C34H31F3N6O6/c1-41-33(45)31(40-43(34(41)46)21-7-8-23(35)24(36)17-21)32(44)39-20-6-9-28(25(37)16-20)49-27-10-11-38-26-19-30(29(47-2)18-22(26)27)48-15-5-14-42-12-3-4-13-42/h6-11,16-19H,3-5,12-15H2,1-2H3,(H,39,44). The van der Waals surface area contributed by atoms with E-state index in [0.29, 0.717) is 44.3 Å². The van der Waals surface area contributed by atoms with Gasteiger partial charge in [-0.3, -0.25) is 19.1 Å². The maximum atomic E-state index is 15.3. The Morgan fingerprint density at radius 1 is 0.898 bits per heavy atom. The van der Waals surface area contributed by atoms with Crippen LogP contribution >= 0.6 is 0 Å². The van der Waals surface area contributed by atoms with Crippen molar-refractivity contribution < 1.29 is 32.2 Å². The molecule has 0 aliphatic carbocycles. The van der Waals surface area contributed by atoms with Gasteiger partial charge in [0.2, 0.25) is 5.69 Å². The number of ether oxygens (including phenoxy) is 3. The molecule has 0 unspecified atom stereocenters.